The Balaban J connectivity index is 1.70. The molecule has 0 aliphatic rings. The SMILES string of the molecule is COc1ccc(/C=C(\NC(=O)c2ccccc2)C(=O)N=Nc2c(O)[nH]c3ccc(Br)cc23)cc1OC. The van der Waals surface area contributed by atoms with Crippen LogP contribution in [0.3, 0.4) is 0 Å². The van der Waals surface area contributed by atoms with E-state index in [2.05, 4.69) is 36.5 Å². The van der Waals surface area contributed by atoms with Gasteiger partial charge < -0.3 is 24.9 Å². The van der Waals surface area contributed by atoms with Crippen LogP contribution in [-0.2, 0) is 4.79 Å². The summed E-state index contributed by atoms with van der Waals surface area (Å²) < 4.78 is 11.3. The van der Waals surface area contributed by atoms with Crippen molar-refractivity contribution in [2.24, 2.45) is 10.2 Å². The number of halogens is 1. The highest BCUT2D eigenvalue weighted by Crippen LogP contribution is 2.37. The lowest BCUT2D eigenvalue weighted by Gasteiger charge is -2.10. The number of H-pyrrole nitrogens is 1. The van der Waals surface area contributed by atoms with Gasteiger partial charge in [0.1, 0.15) is 5.70 Å². The highest BCUT2D eigenvalue weighted by molar-refractivity contribution is 9.10. The molecule has 3 aromatic carbocycles. The highest BCUT2D eigenvalue weighted by atomic mass is 79.9. The third-order valence-electron chi connectivity index (χ3n) is 5.19. The van der Waals surface area contributed by atoms with E-state index in [1.807, 2.05) is 0 Å². The van der Waals surface area contributed by atoms with Crippen LogP contribution < -0.4 is 14.8 Å². The molecule has 1 heterocycles. The van der Waals surface area contributed by atoms with Gasteiger partial charge in [-0.1, -0.05) is 40.2 Å². The molecule has 0 atom stereocenters. The van der Waals surface area contributed by atoms with Crippen molar-refractivity contribution in [2.75, 3.05) is 14.2 Å². The number of fused-ring (bicyclic) bond motifs is 1. The molecule has 0 fully saturated rings. The normalized spacial score (nSPS) is 11.6. The van der Waals surface area contributed by atoms with Crippen LogP contribution in [0.1, 0.15) is 15.9 Å². The first-order chi connectivity index (χ1) is 17.4. The molecule has 0 bridgehead atoms. The molecule has 0 aliphatic heterocycles. The number of rotatable bonds is 7. The molecule has 0 saturated heterocycles. The maximum atomic E-state index is 13.1. The molecule has 182 valence electrons. The Kier molecular flexibility index (Phi) is 7.45. The van der Waals surface area contributed by atoms with Crippen molar-refractivity contribution in [3.8, 4) is 17.4 Å². The van der Waals surface area contributed by atoms with Crippen LogP contribution in [0.4, 0.5) is 5.69 Å². The van der Waals surface area contributed by atoms with Crippen LogP contribution in [0.5, 0.6) is 17.4 Å². The summed E-state index contributed by atoms with van der Waals surface area (Å²) in [5.41, 5.74) is 1.51. The van der Waals surface area contributed by atoms with Gasteiger partial charge in [0.15, 0.2) is 17.2 Å². The van der Waals surface area contributed by atoms with E-state index in [0.717, 1.165) is 4.47 Å². The molecule has 3 N–H and O–H groups in total. The average Bonchev–Trinajstić information content (AvgIpc) is 3.21. The first-order valence-corrected chi connectivity index (χ1v) is 11.4. The molecule has 1 aromatic heterocycles. The molecule has 0 aliphatic carbocycles. The fourth-order valence-electron chi connectivity index (χ4n) is 3.43. The third-order valence-corrected chi connectivity index (χ3v) is 5.68. The van der Waals surface area contributed by atoms with Crippen molar-refractivity contribution >= 4 is 50.4 Å². The molecular formula is C26H21BrN4O5. The lowest BCUT2D eigenvalue weighted by atomic mass is 10.1. The second-order valence-corrected chi connectivity index (χ2v) is 8.43. The summed E-state index contributed by atoms with van der Waals surface area (Å²) >= 11 is 3.38. The molecule has 10 heteroatoms. The van der Waals surface area contributed by atoms with Crippen molar-refractivity contribution in [2.45, 2.75) is 0 Å². The summed E-state index contributed by atoms with van der Waals surface area (Å²) in [7, 11) is 3.01. The summed E-state index contributed by atoms with van der Waals surface area (Å²) in [4.78, 5) is 28.7. The number of carbonyl (C=O) groups is 2. The van der Waals surface area contributed by atoms with Crippen LogP contribution in [-0.4, -0.2) is 36.1 Å². The molecular weight excluding hydrogens is 528 g/mol. The van der Waals surface area contributed by atoms with Crippen molar-refractivity contribution < 1.29 is 24.2 Å². The number of ether oxygens (including phenoxy) is 2. The Morgan fingerprint density at radius 3 is 2.47 bits per heavy atom. The number of aromatic hydroxyl groups is 1. The number of benzene rings is 3. The van der Waals surface area contributed by atoms with Crippen molar-refractivity contribution in [1.29, 1.82) is 0 Å². The minimum Gasteiger partial charge on any atom is -0.493 e. The molecule has 0 unspecified atom stereocenters. The van der Waals surface area contributed by atoms with Gasteiger partial charge in [-0.05, 0) is 54.1 Å². The third kappa shape index (κ3) is 5.44. The second kappa shape index (κ2) is 10.9. The van der Waals surface area contributed by atoms with Gasteiger partial charge in [-0.15, -0.1) is 10.2 Å². The number of hydrogen-bond donors (Lipinski definition) is 3. The summed E-state index contributed by atoms with van der Waals surface area (Å²) in [5.74, 6) is -0.596. The molecule has 0 spiro atoms. The van der Waals surface area contributed by atoms with E-state index in [1.165, 1.54) is 20.3 Å². The lowest BCUT2D eigenvalue weighted by Crippen LogP contribution is -2.26. The van der Waals surface area contributed by atoms with E-state index in [1.54, 1.807) is 66.7 Å². The zero-order valence-corrected chi connectivity index (χ0v) is 20.9. The molecule has 0 radical (unpaired) electrons. The van der Waals surface area contributed by atoms with Gasteiger partial charge in [-0.2, -0.15) is 0 Å². The van der Waals surface area contributed by atoms with Crippen LogP contribution in [0, 0.1) is 0 Å². The number of aromatic nitrogens is 1. The Bertz CT molecular complexity index is 1500. The number of amides is 2. The standard InChI is InChI=1S/C26H21BrN4O5/c1-35-21-11-8-15(13-22(21)36-2)12-20(29-24(32)16-6-4-3-5-7-16)25(33)31-30-23-18-14-17(27)9-10-19(18)28-26(23)34/h3-14,28,34H,1-2H3,(H,29,32)/b20-12-,31-30?. The minimum atomic E-state index is -0.821. The van der Waals surface area contributed by atoms with Crippen molar-refractivity contribution in [1.82, 2.24) is 10.3 Å². The monoisotopic (exact) mass is 548 g/mol. The number of aromatic amines is 1. The van der Waals surface area contributed by atoms with Gasteiger partial charge >= 0.3 is 5.91 Å². The number of nitrogens with one attached hydrogen (secondary N) is 2. The van der Waals surface area contributed by atoms with Crippen LogP contribution in [0.25, 0.3) is 17.0 Å². The van der Waals surface area contributed by atoms with Crippen molar-refractivity contribution in [3.05, 3.63) is 88.0 Å². The first kappa shape index (κ1) is 24.7. The first-order valence-electron chi connectivity index (χ1n) is 10.7. The summed E-state index contributed by atoms with van der Waals surface area (Å²) in [6.07, 6.45) is 1.45. The fourth-order valence-corrected chi connectivity index (χ4v) is 3.79. The molecule has 9 nitrogen and oxygen atoms in total. The Labute approximate surface area is 214 Å². The summed E-state index contributed by atoms with van der Waals surface area (Å²) in [5, 5.41) is 21.2. The predicted octanol–water partition coefficient (Wildman–Crippen LogP) is 5.73. The number of hydrogen-bond acceptors (Lipinski definition) is 6. The van der Waals surface area contributed by atoms with Gasteiger partial charge in [0.2, 0.25) is 5.88 Å². The Hall–Kier alpha value is -4.44. The zero-order valence-electron chi connectivity index (χ0n) is 19.3. The van der Waals surface area contributed by atoms with Gasteiger partial charge in [-0.25, -0.2) is 0 Å². The Morgan fingerprint density at radius 1 is 1.00 bits per heavy atom. The second-order valence-electron chi connectivity index (χ2n) is 7.51. The quantitative estimate of drug-likeness (QED) is 0.200. The predicted molar refractivity (Wildman–Crippen MR) is 139 cm³/mol. The van der Waals surface area contributed by atoms with Gasteiger partial charge in [0.25, 0.3) is 5.91 Å². The molecule has 2 amide bonds. The summed E-state index contributed by atoms with van der Waals surface area (Å²) in [6.45, 7) is 0. The van der Waals surface area contributed by atoms with Gasteiger partial charge in [0, 0.05) is 15.4 Å². The van der Waals surface area contributed by atoms with E-state index in [9.17, 15) is 14.7 Å². The molecule has 0 saturated carbocycles. The zero-order chi connectivity index (χ0) is 25.7. The van der Waals surface area contributed by atoms with E-state index in [-0.39, 0.29) is 17.3 Å². The largest absolute Gasteiger partial charge is 0.493 e. The summed E-state index contributed by atoms with van der Waals surface area (Å²) in [6, 6.07) is 18.8. The topological polar surface area (TPSA) is 125 Å². The lowest BCUT2D eigenvalue weighted by molar-refractivity contribution is -0.115. The smallest absolute Gasteiger partial charge is 0.311 e. The van der Waals surface area contributed by atoms with Gasteiger partial charge in [0.05, 0.1) is 19.7 Å². The fraction of sp³-hybridized carbons (Fsp3) is 0.0769. The molecule has 4 aromatic rings. The van der Waals surface area contributed by atoms with E-state index >= 15 is 0 Å². The maximum Gasteiger partial charge on any atom is 0.311 e. The van der Waals surface area contributed by atoms with Crippen LogP contribution in [0.15, 0.2) is 87.1 Å². The van der Waals surface area contributed by atoms with E-state index in [4.69, 9.17) is 9.47 Å². The molecule has 36 heavy (non-hydrogen) atoms. The van der Waals surface area contributed by atoms with Crippen molar-refractivity contribution in [3.63, 3.8) is 0 Å². The number of nitrogens with zero attached hydrogens (tertiary/aromatic N) is 2. The minimum absolute atomic E-state index is 0.0968. The highest BCUT2D eigenvalue weighted by Gasteiger charge is 2.17. The van der Waals surface area contributed by atoms with Gasteiger partial charge in [-0.3, -0.25) is 9.59 Å². The number of carbonyl (C=O) groups excluding carboxylic acids is 2. The maximum absolute atomic E-state index is 13.1. The van der Waals surface area contributed by atoms with E-state index in [0.29, 0.717) is 33.5 Å². The number of azo groups is 1. The van der Waals surface area contributed by atoms with Crippen LogP contribution in [0.2, 0.25) is 0 Å². The number of methoxy groups -OCH3 is 2. The van der Waals surface area contributed by atoms with E-state index < -0.39 is 11.8 Å². The molecule has 4 rings (SSSR count). The average molecular weight is 549 g/mol. The Morgan fingerprint density at radius 2 is 1.75 bits per heavy atom. The van der Waals surface area contributed by atoms with Crippen LogP contribution >= 0.6 is 15.9 Å².